The van der Waals surface area contributed by atoms with E-state index in [4.69, 9.17) is 23.2 Å². The first-order chi connectivity index (χ1) is 13.5. The molecule has 1 aliphatic rings. The first kappa shape index (κ1) is 19.5. The number of hydrogen-bond donors (Lipinski definition) is 1. The van der Waals surface area contributed by atoms with E-state index in [9.17, 15) is 4.79 Å². The zero-order valence-electron chi connectivity index (χ0n) is 15.2. The number of rotatable bonds is 4. The third kappa shape index (κ3) is 3.96. The Kier molecular flexibility index (Phi) is 5.73. The molecule has 2 aromatic heterocycles. The fourth-order valence-electron chi connectivity index (χ4n) is 3.33. The predicted molar refractivity (Wildman–Crippen MR) is 114 cm³/mol. The Hall–Kier alpha value is -1.86. The summed E-state index contributed by atoms with van der Waals surface area (Å²) in [4.78, 5) is 26.5. The molecule has 8 heteroatoms. The molecule has 3 aromatic rings. The van der Waals surface area contributed by atoms with Gasteiger partial charge in [-0.25, -0.2) is 4.98 Å². The third-order valence-electron chi connectivity index (χ3n) is 4.78. The van der Waals surface area contributed by atoms with E-state index in [0.717, 1.165) is 47.6 Å². The molecule has 1 aromatic carbocycles. The smallest absolute Gasteiger partial charge is 0.256 e. The molecule has 144 valence electrons. The van der Waals surface area contributed by atoms with Crippen molar-refractivity contribution < 1.29 is 0 Å². The topological polar surface area (TPSA) is 61.9 Å². The van der Waals surface area contributed by atoms with Crippen LogP contribution in [0.2, 0.25) is 10.0 Å². The van der Waals surface area contributed by atoms with Gasteiger partial charge in [0.1, 0.15) is 0 Å². The van der Waals surface area contributed by atoms with Gasteiger partial charge >= 0.3 is 0 Å². The van der Waals surface area contributed by atoms with E-state index < -0.39 is 0 Å². The van der Waals surface area contributed by atoms with Gasteiger partial charge in [0.25, 0.3) is 5.56 Å². The highest BCUT2D eigenvalue weighted by Gasteiger charge is 2.21. The maximum absolute atomic E-state index is 12.3. The summed E-state index contributed by atoms with van der Waals surface area (Å²) < 4.78 is 0. The molecule has 0 amide bonds. The quantitative estimate of drug-likeness (QED) is 0.488. The van der Waals surface area contributed by atoms with E-state index in [1.54, 1.807) is 6.07 Å². The van der Waals surface area contributed by atoms with Crippen molar-refractivity contribution in [3.05, 3.63) is 73.7 Å². The molecule has 0 saturated heterocycles. The molecule has 0 bridgehead atoms. The first-order valence-corrected chi connectivity index (χ1v) is 10.8. The summed E-state index contributed by atoms with van der Waals surface area (Å²) in [6.45, 7) is 2.17. The Balaban J connectivity index is 1.50. The lowest BCUT2D eigenvalue weighted by atomic mass is 10.1. The molecule has 0 spiro atoms. The van der Waals surface area contributed by atoms with Crippen LogP contribution in [0.25, 0.3) is 11.3 Å². The van der Waals surface area contributed by atoms with Crippen LogP contribution in [0.3, 0.4) is 0 Å². The molecule has 0 unspecified atom stereocenters. The Labute approximate surface area is 177 Å². The van der Waals surface area contributed by atoms with Gasteiger partial charge in [0.15, 0.2) is 5.16 Å². The predicted octanol–water partition coefficient (Wildman–Crippen LogP) is 4.42. The van der Waals surface area contributed by atoms with Crippen LogP contribution in [0, 0.1) is 0 Å². The van der Waals surface area contributed by atoms with Gasteiger partial charge in [-0.15, -0.1) is 0 Å². The molecule has 0 fully saturated rings. The summed E-state index contributed by atoms with van der Waals surface area (Å²) in [7, 11) is 0. The number of benzene rings is 1. The number of thioether (sulfide) groups is 1. The van der Waals surface area contributed by atoms with Gasteiger partial charge in [-0.05, 0) is 24.0 Å². The van der Waals surface area contributed by atoms with Crippen molar-refractivity contribution in [2.24, 2.45) is 0 Å². The second-order valence-corrected chi connectivity index (χ2v) is 8.19. The molecule has 0 aliphatic carbocycles. The van der Waals surface area contributed by atoms with Gasteiger partial charge in [-0.3, -0.25) is 14.7 Å². The van der Waals surface area contributed by atoms with Crippen molar-refractivity contribution in [3.63, 3.8) is 0 Å². The number of hydrogen-bond acceptors (Lipinski definition) is 5. The summed E-state index contributed by atoms with van der Waals surface area (Å²) in [5.74, 6) is 0. The summed E-state index contributed by atoms with van der Waals surface area (Å²) in [6, 6.07) is 9.51. The second-order valence-electron chi connectivity index (χ2n) is 6.61. The lowest BCUT2D eigenvalue weighted by Gasteiger charge is -2.27. The van der Waals surface area contributed by atoms with Crippen LogP contribution in [-0.2, 0) is 19.5 Å². The standard InChI is InChI=1S/C20H18Cl2N4OS/c1-28-20-24-17-7-8-26(11-14(17)19(27)25-20)10-12-5-6-16(23-9-12)13-3-2-4-15(21)18(13)22/h2-6,9H,7-8,10-11H2,1H3,(H,24,25,27). The van der Waals surface area contributed by atoms with Gasteiger partial charge in [-0.2, -0.15) is 0 Å². The third-order valence-corrected chi connectivity index (χ3v) is 6.18. The minimum absolute atomic E-state index is 0.0388. The molecule has 0 atom stereocenters. The van der Waals surface area contributed by atoms with Gasteiger partial charge < -0.3 is 4.98 Å². The lowest BCUT2D eigenvalue weighted by Crippen LogP contribution is -2.35. The largest absolute Gasteiger partial charge is 0.301 e. The van der Waals surface area contributed by atoms with Crippen molar-refractivity contribution in [1.82, 2.24) is 19.9 Å². The number of nitrogens with one attached hydrogen (secondary N) is 1. The van der Waals surface area contributed by atoms with Gasteiger partial charge in [0.2, 0.25) is 0 Å². The number of pyridine rings is 1. The van der Waals surface area contributed by atoms with Crippen LogP contribution in [-0.4, -0.2) is 32.7 Å². The highest BCUT2D eigenvalue weighted by Crippen LogP contribution is 2.32. The van der Waals surface area contributed by atoms with Crippen LogP contribution >= 0.6 is 35.0 Å². The molecule has 3 heterocycles. The van der Waals surface area contributed by atoms with Crippen molar-refractivity contribution in [1.29, 1.82) is 0 Å². The zero-order chi connectivity index (χ0) is 19.7. The van der Waals surface area contributed by atoms with Crippen molar-refractivity contribution in [2.75, 3.05) is 12.8 Å². The normalized spacial score (nSPS) is 14.1. The van der Waals surface area contributed by atoms with E-state index in [1.165, 1.54) is 11.8 Å². The van der Waals surface area contributed by atoms with Crippen LogP contribution in [0.15, 0.2) is 46.5 Å². The van der Waals surface area contributed by atoms with Crippen LogP contribution in [0.4, 0.5) is 0 Å². The average molecular weight is 433 g/mol. The van der Waals surface area contributed by atoms with Crippen LogP contribution < -0.4 is 5.56 Å². The van der Waals surface area contributed by atoms with E-state index in [0.29, 0.717) is 21.7 Å². The number of halogens is 2. The molecule has 0 saturated carbocycles. The molecular formula is C20H18Cl2N4OS. The van der Waals surface area contributed by atoms with Crippen LogP contribution in [0.5, 0.6) is 0 Å². The number of H-pyrrole nitrogens is 1. The zero-order valence-corrected chi connectivity index (χ0v) is 17.5. The molecule has 4 rings (SSSR count). The molecular weight excluding hydrogens is 415 g/mol. The Bertz CT molecular complexity index is 1070. The van der Waals surface area contributed by atoms with Gasteiger partial charge in [0, 0.05) is 37.8 Å². The summed E-state index contributed by atoms with van der Waals surface area (Å²) >= 11 is 13.8. The molecule has 0 radical (unpaired) electrons. The maximum Gasteiger partial charge on any atom is 0.256 e. The Morgan fingerprint density at radius 3 is 2.86 bits per heavy atom. The minimum Gasteiger partial charge on any atom is -0.301 e. The molecule has 1 aliphatic heterocycles. The minimum atomic E-state index is -0.0388. The van der Waals surface area contributed by atoms with E-state index in [2.05, 4.69) is 19.9 Å². The highest BCUT2D eigenvalue weighted by molar-refractivity contribution is 7.98. The van der Waals surface area contributed by atoms with Crippen molar-refractivity contribution >= 4 is 35.0 Å². The Morgan fingerprint density at radius 1 is 1.25 bits per heavy atom. The van der Waals surface area contributed by atoms with E-state index in [1.807, 2.05) is 36.7 Å². The first-order valence-electron chi connectivity index (χ1n) is 8.83. The van der Waals surface area contributed by atoms with E-state index >= 15 is 0 Å². The monoisotopic (exact) mass is 432 g/mol. The van der Waals surface area contributed by atoms with Gasteiger partial charge in [-0.1, -0.05) is 53.2 Å². The second kappa shape index (κ2) is 8.25. The summed E-state index contributed by atoms with van der Waals surface area (Å²) in [5.41, 5.74) is 4.31. The van der Waals surface area contributed by atoms with Gasteiger partial charge in [0.05, 0.1) is 27.0 Å². The average Bonchev–Trinajstić information content (AvgIpc) is 2.71. The van der Waals surface area contributed by atoms with Crippen LogP contribution in [0.1, 0.15) is 16.8 Å². The number of aromatic amines is 1. The number of aromatic nitrogens is 3. The lowest BCUT2D eigenvalue weighted by molar-refractivity contribution is 0.240. The SMILES string of the molecule is CSc1nc2c(c(=O)[nH]1)CN(Cc1ccc(-c3cccc(Cl)c3Cl)nc1)CC2. The van der Waals surface area contributed by atoms with E-state index in [-0.39, 0.29) is 5.56 Å². The maximum atomic E-state index is 12.3. The highest BCUT2D eigenvalue weighted by atomic mass is 35.5. The molecule has 28 heavy (non-hydrogen) atoms. The van der Waals surface area contributed by atoms with Crippen molar-refractivity contribution in [2.45, 2.75) is 24.7 Å². The van der Waals surface area contributed by atoms with Crippen molar-refractivity contribution in [3.8, 4) is 11.3 Å². The fourth-order valence-corrected chi connectivity index (χ4v) is 4.12. The molecule has 5 nitrogen and oxygen atoms in total. The Morgan fingerprint density at radius 2 is 2.11 bits per heavy atom. The molecule has 1 N–H and O–H groups in total. The summed E-state index contributed by atoms with van der Waals surface area (Å²) in [6.07, 6.45) is 4.53. The summed E-state index contributed by atoms with van der Waals surface area (Å²) in [5, 5.41) is 1.70. The fraction of sp³-hybridized carbons (Fsp3) is 0.250. The number of nitrogens with zero attached hydrogens (tertiary/aromatic N) is 3. The number of fused-ring (bicyclic) bond motifs is 1.